The first-order valence-electron chi connectivity index (χ1n) is 10.8. The molecule has 0 aliphatic carbocycles. The Hall–Kier alpha value is -3.17. The number of methoxy groups -OCH3 is 3. The maximum atomic E-state index is 5.57. The fraction of sp³-hybridized carbons (Fsp3) is 0.435. The van der Waals surface area contributed by atoms with E-state index in [1.807, 2.05) is 35.0 Å². The molecule has 170 valence electrons. The lowest BCUT2D eigenvalue weighted by Crippen LogP contribution is -2.48. The summed E-state index contributed by atoms with van der Waals surface area (Å²) in [5, 5.41) is 12.6. The van der Waals surface area contributed by atoms with E-state index < -0.39 is 0 Å². The number of aromatic nitrogens is 4. The standard InChI is InChI=1S/C23H30N6O3/c1-30-17-16-29-23(24-25-26-29)22(18-8-10-19(31-2)11-9-18)28-14-12-27(13-15-28)20-6-4-5-7-21(20)32-3/h4-11,22H,12-17H2,1-3H3. The highest BCUT2D eigenvalue weighted by molar-refractivity contribution is 5.58. The lowest BCUT2D eigenvalue weighted by molar-refractivity contribution is 0.171. The Balaban J connectivity index is 1.59. The normalized spacial score (nSPS) is 15.5. The van der Waals surface area contributed by atoms with Crippen LogP contribution in [0.1, 0.15) is 17.4 Å². The van der Waals surface area contributed by atoms with Crippen LogP contribution in [0.3, 0.4) is 0 Å². The third-order valence-corrected chi connectivity index (χ3v) is 5.85. The van der Waals surface area contributed by atoms with Crippen LogP contribution in [0.15, 0.2) is 48.5 Å². The largest absolute Gasteiger partial charge is 0.497 e. The molecule has 1 aliphatic rings. The first-order valence-corrected chi connectivity index (χ1v) is 10.8. The van der Waals surface area contributed by atoms with Gasteiger partial charge in [0.2, 0.25) is 0 Å². The molecule has 32 heavy (non-hydrogen) atoms. The van der Waals surface area contributed by atoms with Gasteiger partial charge >= 0.3 is 0 Å². The predicted molar refractivity (Wildman–Crippen MR) is 121 cm³/mol. The van der Waals surface area contributed by atoms with Crippen molar-refractivity contribution in [3.63, 3.8) is 0 Å². The van der Waals surface area contributed by atoms with Crippen LogP contribution in [-0.2, 0) is 11.3 Å². The van der Waals surface area contributed by atoms with Gasteiger partial charge in [0.1, 0.15) is 11.5 Å². The van der Waals surface area contributed by atoms with Crippen LogP contribution in [0.25, 0.3) is 0 Å². The van der Waals surface area contributed by atoms with Crippen molar-refractivity contribution in [2.24, 2.45) is 0 Å². The topological polar surface area (TPSA) is 77.8 Å². The highest BCUT2D eigenvalue weighted by Gasteiger charge is 2.31. The van der Waals surface area contributed by atoms with Crippen molar-refractivity contribution in [3.05, 3.63) is 59.9 Å². The molecule has 9 nitrogen and oxygen atoms in total. The smallest absolute Gasteiger partial charge is 0.173 e. The van der Waals surface area contributed by atoms with Crippen LogP contribution in [0.4, 0.5) is 5.69 Å². The minimum atomic E-state index is -0.0624. The van der Waals surface area contributed by atoms with Gasteiger partial charge < -0.3 is 19.1 Å². The van der Waals surface area contributed by atoms with E-state index in [0.717, 1.165) is 54.8 Å². The number of piperazine rings is 1. The van der Waals surface area contributed by atoms with E-state index in [0.29, 0.717) is 13.2 Å². The Morgan fingerprint density at radius 2 is 1.66 bits per heavy atom. The molecule has 1 unspecified atom stereocenters. The molecule has 1 fully saturated rings. The summed E-state index contributed by atoms with van der Waals surface area (Å²) in [5.74, 6) is 2.54. The molecular weight excluding hydrogens is 408 g/mol. The molecule has 9 heteroatoms. The van der Waals surface area contributed by atoms with Crippen LogP contribution in [-0.4, -0.2) is 79.2 Å². The monoisotopic (exact) mass is 438 g/mol. The number of anilines is 1. The number of rotatable bonds is 9. The molecule has 0 spiro atoms. The number of nitrogens with zero attached hydrogens (tertiary/aromatic N) is 6. The maximum Gasteiger partial charge on any atom is 0.173 e. The van der Waals surface area contributed by atoms with Crippen LogP contribution < -0.4 is 14.4 Å². The molecule has 4 rings (SSSR count). The van der Waals surface area contributed by atoms with E-state index >= 15 is 0 Å². The highest BCUT2D eigenvalue weighted by Crippen LogP contribution is 2.32. The van der Waals surface area contributed by atoms with Crippen molar-refractivity contribution in [1.29, 1.82) is 0 Å². The van der Waals surface area contributed by atoms with Crippen molar-refractivity contribution in [1.82, 2.24) is 25.1 Å². The van der Waals surface area contributed by atoms with Crippen molar-refractivity contribution < 1.29 is 14.2 Å². The zero-order chi connectivity index (χ0) is 22.3. The average molecular weight is 439 g/mol. The Kier molecular flexibility index (Phi) is 7.18. The molecule has 0 N–H and O–H groups in total. The zero-order valence-electron chi connectivity index (χ0n) is 18.8. The van der Waals surface area contributed by atoms with Gasteiger partial charge in [-0.05, 0) is 40.3 Å². The molecule has 0 bridgehead atoms. The lowest BCUT2D eigenvalue weighted by atomic mass is 10.0. The Labute approximate surface area is 188 Å². The van der Waals surface area contributed by atoms with Crippen molar-refractivity contribution >= 4 is 5.69 Å². The molecule has 1 aromatic heterocycles. The molecule has 1 saturated heterocycles. The molecule has 2 heterocycles. The summed E-state index contributed by atoms with van der Waals surface area (Å²) in [4.78, 5) is 4.80. The van der Waals surface area contributed by atoms with E-state index in [4.69, 9.17) is 14.2 Å². The first-order chi connectivity index (χ1) is 15.7. The van der Waals surface area contributed by atoms with Crippen LogP contribution >= 0.6 is 0 Å². The van der Waals surface area contributed by atoms with Crippen LogP contribution in [0.2, 0.25) is 0 Å². The second kappa shape index (κ2) is 10.4. The van der Waals surface area contributed by atoms with Gasteiger partial charge in [-0.25, -0.2) is 4.68 Å². The number of benzene rings is 2. The van der Waals surface area contributed by atoms with E-state index in [1.54, 1.807) is 21.3 Å². The first kappa shape index (κ1) is 22.0. The SMILES string of the molecule is COCCn1nnnc1C(c1ccc(OC)cc1)N1CCN(c2ccccc2OC)CC1. The van der Waals surface area contributed by atoms with Gasteiger partial charge in [-0.1, -0.05) is 24.3 Å². The van der Waals surface area contributed by atoms with Gasteiger partial charge in [0, 0.05) is 33.3 Å². The quantitative estimate of drug-likeness (QED) is 0.504. The molecule has 1 aliphatic heterocycles. The summed E-state index contributed by atoms with van der Waals surface area (Å²) >= 11 is 0. The lowest BCUT2D eigenvalue weighted by Gasteiger charge is -2.40. The van der Waals surface area contributed by atoms with Crippen molar-refractivity contribution in [2.45, 2.75) is 12.6 Å². The molecule has 0 radical (unpaired) electrons. The zero-order valence-corrected chi connectivity index (χ0v) is 18.8. The van der Waals surface area contributed by atoms with Crippen LogP contribution in [0, 0.1) is 0 Å². The third kappa shape index (κ3) is 4.68. The fourth-order valence-electron chi connectivity index (χ4n) is 4.17. The summed E-state index contributed by atoms with van der Waals surface area (Å²) in [6.45, 7) is 4.65. The second-order valence-corrected chi connectivity index (χ2v) is 7.62. The van der Waals surface area contributed by atoms with Crippen molar-refractivity contribution in [2.75, 3.05) is 59.0 Å². The summed E-state index contributed by atoms with van der Waals surface area (Å²) in [7, 11) is 5.07. The minimum Gasteiger partial charge on any atom is -0.497 e. The average Bonchev–Trinajstić information content (AvgIpc) is 3.31. The van der Waals surface area contributed by atoms with Gasteiger partial charge in [0.05, 0.1) is 39.1 Å². The van der Waals surface area contributed by atoms with Crippen LogP contribution in [0.5, 0.6) is 11.5 Å². The minimum absolute atomic E-state index is 0.0624. The Morgan fingerprint density at radius 3 is 2.34 bits per heavy atom. The molecule has 1 atom stereocenters. The number of tetrazole rings is 1. The highest BCUT2D eigenvalue weighted by atomic mass is 16.5. The fourth-order valence-corrected chi connectivity index (χ4v) is 4.17. The van der Waals surface area contributed by atoms with E-state index in [9.17, 15) is 0 Å². The van der Waals surface area contributed by atoms with Gasteiger partial charge in [0.25, 0.3) is 0 Å². The van der Waals surface area contributed by atoms with E-state index in [2.05, 4.69) is 43.5 Å². The number of hydrogen-bond acceptors (Lipinski definition) is 8. The Bertz CT molecular complexity index is 985. The maximum absolute atomic E-state index is 5.57. The molecule has 0 saturated carbocycles. The number of hydrogen-bond donors (Lipinski definition) is 0. The predicted octanol–water partition coefficient (Wildman–Crippen LogP) is 2.25. The van der Waals surface area contributed by atoms with E-state index in [1.165, 1.54) is 0 Å². The van der Waals surface area contributed by atoms with Gasteiger partial charge in [0.15, 0.2) is 5.82 Å². The molecule has 2 aromatic carbocycles. The Morgan fingerprint density at radius 1 is 0.906 bits per heavy atom. The summed E-state index contributed by atoms with van der Waals surface area (Å²) < 4.78 is 18.0. The number of para-hydroxylation sites is 2. The summed E-state index contributed by atoms with van der Waals surface area (Å²) in [6, 6.07) is 16.2. The molecule has 3 aromatic rings. The molecule has 0 amide bonds. The van der Waals surface area contributed by atoms with Gasteiger partial charge in [-0.3, -0.25) is 4.90 Å². The molecular formula is C23H30N6O3. The summed E-state index contributed by atoms with van der Waals surface area (Å²) in [5.41, 5.74) is 2.26. The summed E-state index contributed by atoms with van der Waals surface area (Å²) in [6.07, 6.45) is 0. The van der Waals surface area contributed by atoms with Crippen molar-refractivity contribution in [3.8, 4) is 11.5 Å². The second-order valence-electron chi connectivity index (χ2n) is 7.62. The number of ether oxygens (including phenoxy) is 3. The third-order valence-electron chi connectivity index (χ3n) is 5.85. The van der Waals surface area contributed by atoms with Gasteiger partial charge in [-0.15, -0.1) is 5.10 Å². The van der Waals surface area contributed by atoms with E-state index in [-0.39, 0.29) is 6.04 Å². The van der Waals surface area contributed by atoms with Gasteiger partial charge in [-0.2, -0.15) is 0 Å².